The number of carbonyl (C=O) groups is 4. The molecule has 0 aliphatic carbocycles. The first-order valence-corrected chi connectivity index (χ1v) is 21.0. The van der Waals surface area contributed by atoms with E-state index in [1.165, 1.54) is 15.3 Å². The number of hydrogen-bond donors (Lipinski definition) is 4. The number of nitrogens with zero attached hydrogens (tertiary/aromatic N) is 4. The molecule has 66 heavy (non-hydrogen) atoms. The highest BCUT2D eigenvalue weighted by Gasteiger charge is 2.45. The van der Waals surface area contributed by atoms with Crippen molar-refractivity contribution in [2.45, 2.75) is 63.4 Å². The molecule has 2 saturated heterocycles. The van der Waals surface area contributed by atoms with Gasteiger partial charge in [-0.1, -0.05) is 35.3 Å². The fourth-order valence-electron chi connectivity index (χ4n) is 8.44. The number of nitrogens with one attached hydrogen (secondary N) is 2. The lowest BCUT2D eigenvalue weighted by atomic mass is 9.95. The van der Waals surface area contributed by atoms with E-state index in [0.717, 1.165) is 35.4 Å². The van der Waals surface area contributed by atoms with Crippen LogP contribution >= 0.6 is 23.2 Å². The minimum absolute atomic E-state index is 0.0401. The Bertz CT molecular complexity index is 2760. The Kier molecular flexibility index (Phi) is 14.1. The second-order valence-electron chi connectivity index (χ2n) is 15.4. The number of likely N-dealkylation sites (N-methyl/N-ethyl adjacent to an activating group) is 1. The van der Waals surface area contributed by atoms with Crippen molar-refractivity contribution in [3.63, 3.8) is 0 Å². The molecule has 16 nitrogen and oxygen atoms in total. The predicted octanol–water partition coefficient (Wildman–Crippen LogP) is 4.69. The topological polar surface area (TPSA) is 202 Å². The van der Waals surface area contributed by atoms with Crippen LogP contribution < -0.4 is 21.5 Å². The number of aromatic nitrogens is 2. The number of benzene rings is 2. The Morgan fingerprint density at radius 3 is 1.52 bits per heavy atom. The Morgan fingerprint density at radius 2 is 1.11 bits per heavy atom. The standard InChI is InChI=1S/C21H18ClF4N3O5.C21H20ClF2N3O5/c22-15-11(23)2-1-9(16(15)26)5-27-20(32)10-6-28-12-3-4-34-8-13(12)29(7-14(24)25)21(33)17(28)19(31)18(10)30;1-2-26-14-9-32-6-5-13(14)27-8-11(18(28)19(29)17(27)21(26)31)20(30)25-7-10-3-4-12(23)15(22)16(10)24/h1-2,6,12-14,31H,3-5,7-8H2,(H,27,32);3-4,8,13-14,29H,2,5-7,9H2,1H3,(H,25,30)/t12-,13+;13-,14+/m00/s1. The molecule has 4 aliphatic heterocycles. The summed E-state index contributed by atoms with van der Waals surface area (Å²) < 4.78 is 94.6. The highest BCUT2D eigenvalue weighted by Crippen LogP contribution is 2.37. The van der Waals surface area contributed by atoms with Gasteiger partial charge in [0.25, 0.3) is 30.1 Å². The summed E-state index contributed by atoms with van der Waals surface area (Å²) in [6, 6.07) is 2.04. The van der Waals surface area contributed by atoms with Crippen LogP contribution in [0.5, 0.6) is 11.5 Å². The van der Waals surface area contributed by atoms with Gasteiger partial charge in [0, 0.05) is 56.4 Å². The van der Waals surface area contributed by atoms with Crippen molar-refractivity contribution >= 4 is 46.8 Å². The van der Waals surface area contributed by atoms with Crippen molar-refractivity contribution in [2.24, 2.45) is 0 Å². The zero-order chi connectivity index (χ0) is 47.9. The van der Waals surface area contributed by atoms with Crippen molar-refractivity contribution in [1.29, 1.82) is 0 Å². The molecule has 2 aromatic heterocycles. The fourth-order valence-corrected chi connectivity index (χ4v) is 8.81. The predicted molar refractivity (Wildman–Crippen MR) is 220 cm³/mol. The number of aromatic hydroxyl groups is 2. The maximum Gasteiger partial charge on any atom is 0.275 e. The zero-order valence-corrected chi connectivity index (χ0v) is 35.9. The Morgan fingerprint density at radius 1 is 0.697 bits per heavy atom. The van der Waals surface area contributed by atoms with Crippen molar-refractivity contribution in [1.82, 2.24) is 29.6 Å². The number of pyridine rings is 2. The summed E-state index contributed by atoms with van der Waals surface area (Å²) in [5.41, 5.74) is -4.05. The summed E-state index contributed by atoms with van der Waals surface area (Å²) in [7, 11) is 0. The SMILES string of the molecule is CCN1C(=O)c2c(O)c(=O)c(C(=O)NCc3ccc(F)c(Cl)c3F)cn2[C@H]2CCOC[C@H]21.O=C(NCc1ccc(F)c(Cl)c1F)c1cn2c(c(O)c1=O)C(=O)N(CC(F)F)[C@@H]1COCC[C@@H]12. The molecule has 4 N–H and O–H groups in total. The number of halogens is 8. The van der Waals surface area contributed by atoms with Gasteiger partial charge in [0.1, 0.15) is 44.4 Å². The highest BCUT2D eigenvalue weighted by molar-refractivity contribution is 6.31. The van der Waals surface area contributed by atoms with Crippen LogP contribution in [0, 0.1) is 23.3 Å². The van der Waals surface area contributed by atoms with Gasteiger partial charge in [0.05, 0.1) is 43.9 Å². The van der Waals surface area contributed by atoms with E-state index in [-0.39, 0.29) is 55.1 Å². The van der Waals surface area contributed by atoms with Crippen LogP contribution in [0.25, 0.3) is 0 Å². The van der Waals surface area contributed by atoms with Crippen LogP contribution in [-0.2, 0) is 22.6 Å². The van der Waals surface area contributed by atoms with Gasteiger partial charge in [-0.25, -0.2) is 26.3 Å². The maximum atomic E-state index is 14.1. The summed E-state index contributed by atoms with van der Waals surface area (Å²) in [4.78, 5) is 79.0. The van der Waals surface area contributed by atoms with Gasteiger partial charge in [0.2, 0.25) is 10.9 Å². The average molecular weight is 972 g/mol. The molecule has 2 fully saturated rings. The normalized spacial score (nSPS) is 19.8. The summed E-state index contributed by atoms with van der Waals surface area (Å²) in [5.74, 6) is -9.29. The van der Waals surface area contributed by atoms with Crippen molar-refractivity contribution < 1.29 is 65.2 Å². The first kappa shape index (κ1) is 47.9. The summed E-state index contributed by atoms with van der Waals surface area (Å²) in [6.45, 7) is 1.34. The molecule has 4 atom stereocenters. The van der Waals surface area contributed by atoms with Gasteiger partial charge in [0.15, 0.2) is 22.9 Å². The lowest BCUT2D eigenvalue weighted by Crippen LogP contribution is -2.56. The average Bonchev–Trinajstić information content (AvgIpc) is 3.30. The third kappa shape index (κ3) is 8.81. The van der Waals surface area contributed by atoms with E-state index < -0.39 is 128 Å². The molecule has 0 saturated carbocycles. The van der Waals surface area contributed by atoms with Gasteiger partial charge in [-0.05, 0) is 31.9 Å². The second kappa shape index (κ2) is 19.4. The smallest absolute Gasteiger partial charge is 0.275 e. The van der Waals surface area contributed by atoms with Crippen molar-refractivity contribution in [2.75, 3.05) is 39.5 Å². The molecule has 6 heterocycles. The molecule has 4 aliphatic rings. The summed E-state index contributed by atoms with van der Waals surface area (Å²) >= 11 is 11.1. The molecular weight excluding hydrogens is 933 g/mol. The molecule has 352 valence electrons. The van der Waals surface area contributed by atoms with Crippen LogP contribution in [-0.4, -0.2) is 111 Å². The molecule has 4 aromatic rings. The van der Waals surface area contributed by atoms with Crippen molar-refractivity contribution in [3.05, 3.63) is 124 Å². The van der Waals surface area contributed by atoms with E-state index in [9.17, 15) is 65.3 Å². The number of carbonyl (C=O) groups excluding carboxylic acids is 4. The Hall–Kier alpha value is -6.10. The van der Waals surface area contributed by atoms with Gasteiger partial charge >= 0.3 is 0 Å². The fraction of sp³-hybridized carbons (Fsp3) is 0.381. The third-order valence-corrected chi connectivity index (χ3v) is 12.4. The highest BCUT2D eigenvalue weighted by atomic mass is 35.5. The number of hydrogen-bond acceptors (Lipinski definition) is 10. The van der Waals surface area contributed by atoms with Crippen molar-refractivity contribution in [3.8, 4) is 11.5 Å². The molecule has 0 unspecified atom stereocenters. The third-order valence-electron chi connectivity index (χ3n) is 11.7. The zero-order valence-electron chi connectivity index (χ0n) is 34.4. The molecule has 4 amide bonds. The number of alkyl halides is 2. The monoisotopic (exact) mass is 970 g/mol. The molecule has 0 bridgehead atoms. The number of ether oxygens (including phenoxy) is 2. The van der Waals surface area contributed by atoms with E-state index in [1.54, 1.807) is 11.8 Å². The Labute approximate surface area is 379 Å². The molecule has 0 radical (unpaired) electrons. The molecule has 24 heteroatoms. The number of fused-ring (bicyclic) bond motifs is 6. The first-order valence-electron chi connectivity index (χ1n) is 20.2. The Balaban J connectivity index is 0.000000197. The lowest BCUT2D eigenvalue weighted by Gasteiger charge is -2.45. The van der Waals surface area contributed by atoms with Gasteiger partial charge in [-0.15, -0.1) is 0 Å². The van der Waals surface area contributed by atoms with Crippen LogP contribution in [0.1, 0.15) is 84.7 Å². The minimum atomic E-state index is -2.85. The lowest BCUT2D eigenvalue weighted by molar-refractivity contribution is -0.0339. The van der Waals surface area contributed by atoms with E-state index in [0.29, 0.717) is 26.2 Å². The van der Waals surface area contributed by atoms with E-state index in [1.807, 2.05) is 0 Å². The summed E-state index contributed by atoms with van der Waals surface area (Å²) in [6.07, 6.45) is 0.255. The van der Waals surface area contributed by atoms with Crippen LogP contribution in [0.15, 0.2) is 46.2 Å². The maximum absolute atomic E-state index is 14.1. The first-order chi connectivity index (χ1) is 31.4. The van der Waals surface area contributed by atoms with E-state index >= 15 is 0 Å². The van der Waals surface area contributed by atoms with Gasteiger partial charge in [-0.3, -0.25) is 28.8 Å². The molecule has 8 rings (SSSR count). The minimum Gasteiger partial charge on any atom is -0.503 e. The number of rotatable bonds is 9. The van der Waals surface area contributed by atoms with Crippen LogP contribution in [0.3, 0.4) is 0 Å². The van der Waals surface area contributed by atoms with Crippen LogP contribution in [0.4, 0.5) is 26.3 Å². The van der Waals surface area contributed by atoms with E-state index in [2.05, 4.69) is 10.6 Å². The second-order valence-corrected chi connectivity index (χ2v) is 16.2. The molecule has 2 aromatic carbocycles. The van der Waals surface area contributed by atoms with E-state index in [4.69, 9.17) is 32.7 Å². The molecule has 0 spiro atoms. The summed E-state index contributed by atoms with van der Waals surface area (Å²) in [5, 5.41) is 24.2. The van der Waals surface area contributed by atoms with Gasteiger partial charge in [-0.2, -0.15) is 0 Å². The quantitative estimate of drug-likeness (QED) is 0.135. The number of amides is 4. The van der Waals surface area contributed by atoms with Gasteiger partial charge < -0.3 is 49.3 Å². The largest absolute Gasteiger partial charge is 0.503 e. The van der Waals surface area contributed by atoms with Crippen LogP contribution in [0.2, 0.25) is 10.0 Å². The molecular formula is C42H38Cl2F6N6O10.